The number of oxazole rings is 1. The molecule has 0 fully saturated rings. The van der Waals surface area contributed by atoms with Gasteiger partial charge in [0.2, 0.25) is 0 Å². The Morgan fingerprint density at radius 1 is 1.07 bits per heavy atom. The molecule has 0 aliphatic rings. The number of aromatic nitrogens is 1. The molecule has 0 amide bonds. The second kappa shape index (κ2) is 7.51. The third-order valence-corrected chi connectivity index (χ3v) is 5.69. The Morgan fingerprint density at radius 2 is 1.72 bits per heavy atom. The minimum atomic E-state index is -4.17. The molecule has 2 aromatic carbocycles. The summed E-state index contributed by atoms with van der Waals surface area (Å²) in [6.07, 6.45) is 0. The highest BCUT2D eigenvalue weighted by Gasteiger charge is 2.24. The van der Waals surface area contributed by atoms with E-state index < -0.39 is 21.7 Å². The fourth-order valence-corrected chi connectivity index (χ4v) is 4.13. The Labute approximate surface area is 165 Å². The summed E-state index contributed by atoms with van der Waals surface area (Å²) in [6, 6.07) is 5.32. The summed E-state index contributed by atoms with van der Waals surface area (Å²) in [5.74, 6) is -1.04. The van der Waals surface area contributed by atoms with Crippen molar-refractivity contribution in [2.45, 2.75) is 11.8 Å². The average Bonchev–Trinajstić information content (AvgIpc) is 3.04. The van der Waals surface area contributed by atoms with Crippen LogP contribution in [0.2, 0.25) is 0 Å². The molecule has 0 aliphatic carbocycles. The molecule has 0 spiro atoms. The lowest BCUT2D eigenvalue weighted by atomic mass is 10.1. The van der Waals surface area contributed by atoms with Crippen molar-refractivity contribution in [1.82, 2.24) is 4.98 Å². The van der Waals surface area contributed by atoms with Gasteiger partial charge in [0.1, 0.15) is 0 Å². The van der Waals surface area contributed by atoms with Crippen LogP contribution in [0.5, 0.6) is 11.5 Å². The van der Waals surface area contributed by atoms with Gasteiger partial charge in [0.15, 0.2) is 17.1 Å². The molecule has 0 saturated heterocycles. The van der Waals surface area contributed by atoms with E-state index in [4.69, 9.17) is 18.6 Å². The Bertz CT molecular complexity index is 1260. The van der Waals surface area contributed by atoms with Crippen molar-refractivity contribution < 1.29 is 31.8 Å². The molecule has 11 heteroatoms. The van der Waals surface area contributed by atoms with E-state index in [1.54, 1.807) is 6.92 Å². The molecule has 1 aromatic heterocycles. The van der Waals surface area contributed by atoms with Crippen molar-refractivity contribution in [2.24, 2.45) is 0 Å². The average molecular weight is 422 g/mol. The van der Waals surface area contributed by atoms with Crippen molar-refractivity contribution in [1.29, 1.82) is 0 Å². The molecule has 3 aromatic rings. The zero-order valence-electron chi connectivity index (χ0n) is 16.0. The number of fused-ring (bicyclic) bond motifs is 1. The highest BCUT2D eigenvalue weighted by Crippen LogP contribution is 2.35. The van der Waals surface area contributed by atoms with Crippen molar-refractivity contribution in [3.05, 3.63) is 45.9 Å². The first-order valence-electron chi connectivity index (χ1n) is 8.20. The number of esters is 1. The number of hydrogen-bond donors (Lipinski definition) is 2. The van der Waals surface area contributed by atoms with Crippen LogP contribution in [0, 0.1) is 6.92 Å². The summed E-state index contributed by atoms with van der Waals surface area (Å²) < 4.78 is 48.4. The molecule has 0 bridgehead atoms. The van der Waals surface area contributed by atoms with Gasteiger partial charge in [0.25, 0.3) is 10.0 Å². The van der Waals surface area contributed by atoms with Crippen LogP contribution in [0.4, 0.5) is 5.69 Å². The standard InChI is InChI=1S/C18H18N2O8S/c1-9-5-12-13(28-18(22)19-12)8-16(9)29(23,24)20-11-7-15(26-3)14(25-2)6-10(11)17(21)27-4/h5-8,20H,1-4H3,(H,19,22). The van der Waals surface area contributed by atoms with Crippen molar-refractivity contribution in [2.75, 3.05) is 26.1 Å². The number of carbonyl (C=O) groups is 1. The summed E-state index contributed by atoms with van der Waals surface area (Å²) >= 11 is 0. The zero-order chi connectivity index (χ0) is 21.3. The highest BCUT2D eigenvalue weighted by atomic mass is 32.2. The van der Waals surface area contributed by atoms with Crippen molar-refractivity contribution >= 4 is 32.8 Å². The molecular formula is C18H18N2O8S. The summed E-state index contributed by atoms with van der Waals surface area (Å²) in [7, 11) is -0.239. The van der Waals surface area contributed by atoms with Gasteiger partial charge in [-0.3, -0.25) is 9.71 Å². The summed E-state index contributed by atoms with van der Waals surface area (Å²) in [6.45, 7) is 1.56. The second-order valence-electron chi connectivity index (χ2n) is 5.98. The van der Waals surface area contributed by atoms with Gasteiger partial charge >= 0.3 is 11.7 Å². The maximum atomic E-state index is 13.0. The number of aromatic amines is 1. The number of H-pyrrole nitrogens is 1. The van der Waals surface area contributed by atoms with Crippen molar-refractivity contribution in [3.8, 4) is 11.5 Å². The minimum absolute atomic E-state index is 0.0653. The SMILES string of the molecule is COC(=O)c1cc(OC)c(OC)cc1NS(=O)(=O)c1cc2oc(=O)[nH]c2cc1C. The van der Waals surface area contributed by atoms with Gasteiger partial charge in [-0.05, 0) is 18.6 Å². The summed E-state index contributed by atoms with van der Waals surface area (Å²) in [5.41, 5.74) is 0.682. The summed E-state index contributed by atoms with van der Waals surface area (Å²) in [4.78, 5) is 25.9. The quantitative estimate of drug-likeness (QED) is 0.576. The van der Waals surface area contributed by atoms with Crippen LogP contribution in [0.25, 0.3) is 11.1 Å². The van der Waals surface area contributed by atoms with E-state index in [2.05, 4.69) is 9.71 Å². The molecule has 29 heavy (non-hydrogen) atoms. The highest BCUT2D eigenvalue weighted by molar-refractivity contribution is 7.92. The summed E-state index contributed by atoms with van der Waals surface area (Å²) in [5, 5.41) is 0. The van der Waals surface area contributed by atoms with Crippen LogP contribution in [0.3, 0.4) is 0 Å². The minimum Gasteiger partial charge on any atom is -0.493 e. The fraction of sp³-hybridized carbons (Fsp3) is 0.222. The van der Waals surface area contributed by atoms with E-state index >= 15 is 0 Å². The molecule has 2 N–H and O–H groups in total. The monoisotopic (exact) mass is 422 g/mol. The Morgan fingerprint density at radius 3 is 2.34 bits per heavy atom. The number of sulfonamides is 1. The third kappa shape index (κ3) is 3.76. The van der Waals surface area contributed by atoms with E-state index in [1.165, 1.54) is 45.6 Å². The molecule has 10 nitrogen and oxygen atoms in total. The molecule has 0 atom stereocenters. The molecule has 0 aliphatic heterocycles. The van der Waals surface area contributed by atoms with Crippen LogP contribution < -0.4 is 20.0 Å². The number of nitrogens with one attached hydrogen (secondary N) is 2. The first kappa shape index (κ1) is 20.3. The Kier molecular flexibility index (Phi) is 5.25. The van der Waals surface area contributed by atoms with E-state index in [0.29, 0.717) is 11.1 Å². The molecule has 154 valence electrons. The van der Waals surface area contributed by atoms with E-state index in [0.717, 1.165) is 0 Å². The Balaban J connectivity index is 2.14. The van der Waals surface area contributed by atoms with Gasteiger partial charge in [-0.25, -0.2) is 18.0 Å². The smallest absolute Gasteiger partial charge is 0.417 e. The van der Waals surface area contributed by atoms with Gasteiger partial charge in [-0.15, -0.1) is 0 Å². The van der Waals surface area contributed by atoms with E-state index in [1.807, 2.05) is 0 Å². The van der Waals surface area contributed by atoms with Crippen LogP contribution in [0.15, 0.2) is 38.4 Å². The lowest BCUT2D eigenvalue weighted by Crippen LogP contribution is -2.17. The number of aryl methyl sites for hydroxylation is 1. The number of hydrogen-bond acceptors (Lipinski definition) is 8. The lowest BCUT2D eigenvalue weighted by Gasteiger charge is -2.16. The van der Waals surface area contributed by atoms with E-state index in [9.17, 15) is 18.0 Å². The Hall–Kier alpha value is -3.47. The fourth-order valence-electron chi connectivity index (χ4n) is 2.82. The molecule has 3 rings (SSSR count). The van der Waals surface area contributed by atoms with Gasteiger partial charge < -0.3 is 18.6 Å². The number of rotatable bonds is 6. The van der Waals surface area contributed by atoms with Crippen LogP contribution in [-0.2, 0) is 14.8 Å². The number of benzene rings is 2. The van der Waals surface area contributed by atoms with Gasteiger partial charge in [0.05, 0.1) is 43.0 Å². The molecule has 0 saturated carbocycles. The van der Waals surface area contributed by atoms with Crippen LogP contribution in [0.1, 0.15) is 15.9 Å². The van der Waals surface area contributed by atoms with Crippen molar-refractivity contribution in [3.63, 3.8) is 0 Å². The van der Waals surface area contributed by atoms with Crippen LogP contribution in [-0.4, -0.2) is 40.7 Å². The zero-order valence-corrected chi connectivity index (χ0v) is 16.8. The molecule has 0 radical (unpaired) electrons. The predicted octanol–water partition coefficient (Wildman–Crippen LogP) is 2.03. The number of anilines is 1. The maximum Gasteiger partial charge on any atom is 0.417 e. The topological polar surface area (TPSA) is 137 Å². The lowest BCUT2D eigenvalue weighted by molar-refractivity contribution is 0.0601. The number of ether oxygens (including phenoxy) is 3. The maximum absolute atomic E-state index is 13.0. The van der Waals surface area contributed by atoms with Gasteiger partial charge in [-0.2, -0.15) is 0 Å². The predicted molar refractivity (Wildman–Crippen MR) is 103 cm³/mol. The first-order chi connectivity index (χ1) is 13.7. The van der Waals surface area contributed by atoms with Gasteiger partial charge in [-0.1, -0.05) is 0 Å². The molecular weight excluding hydrogens is 404 g/mol. The second-order valence-corrected chi connectivity index (χ2v) is 7.63. The third-order valence-electron chi connectivity index (χ3n) is 4.18. The number of carbonyl (C=O) groups excluding carboxylic acids is 1. The molecule has 0 unspecified atom stereocenters. The normalized spacial score (nSPS) is 11.3. The number of methoxy groups -OCH3 is 3. The van der Waals surface area contributed by atoms with Gasteiger partial charge in [0, 0.05) is 18.2 Å². The van der Waals surface area contributed by atoms with Crippen LogP contribution >= 0.6 is 0 Å². The largest absolute Gasteiger partial charge is 0.493 e. The first-order valence-corrected chi connectivity index (χ1v) is 9.69. The van der Waals surface area contributed by atoms with E-state index in [-0.39, 0.29) is 33.2 Å². The molecule has 1 heterocycles.